The van der Waals surface area contributed by atoms with E-state index < -0.39 is 0 Å². The lowest BCUT2D eigenvalue weighted by molar-refractivity contribution is 0.151. The van der Waals surface area contributed by atoms with E-state index >= 15 is 0 Å². The highest BCUT2D eigenvalue weighted by atomic mass is 32.2. The van der Waals surface area contributed by atoms with Crippen molar-refractivity contribution in [3.8, 4) is 0 Å². The highest BCUT2D eigenvalue weighted by Gasteiger charge is 2.40. The summed E-state index contributed by atoms with van der Waals surface area (Å²) in [7, 11) is 0. The number of hydrogen-bond acceptors (Lipinski definition) is 2. The van der Waals surface area contributed by atoms with E-state index in [9.17, 15) is 0 Å². The number of allylic oxidation sites excluding steroid dienone is 1. The molecule has 86 valence electrons. The molecule has 1 N–H and O–H groups in total. The van der Waals surface area contributed by atoms with Gasteiger partial charge in [-0.15, -0.1) is 0 Å². The Morgan fingerprint density at radius 2 is 2.40 bits per heavy atom. The minimum Gasteiger partial charge on any atom is -0.311 e. The summed E-state index contributed by atoms with van der Waals surface area (Å²) in [6.07, 6.45) is 8.86. The van der Waals surface area contributed by atoms with Gasteiger partial charge in [0.25, 0.3) is 0 Å². The van der Waals surface area contributed by atoms with Crippen molar-refractivity contribution in [2.45, 2.75) is 45.2 Å². The molecule has 2 aliphatic rings. The highest BCUT2D eigenvalue weighted by Crippen LogP contribution is 2.42. The van der Waals surface area contributed by atoms with Crippen molar-refractivity contribution in [2.75, 3.05) is 11.5 Å². The van der Waals surface area contributed by atoms with Gasteiger partial charge in [-0.1, -0.05) is 19.1 Å². The molecule has 0 bridgehead atoms. The maximum Gasteiger partial charge on any atom is 0.0138 e. The number of fused-ring (bicyclic) bond motifs is 1. The van der Waals surface area contributed by atoms with Gasteiger partial charge in [0.15, 0.2) is 0 Å². The normalized spacial score (nSPS) is 34.9. The lowest BCUT2D eigenvalue weighted by Gasteiger charge is -2.42. The van der Waals surface area contributed by atoms with E-state index in [0.29, 0.717) is 6.04 Å². The van der Waals surface area contributed by atoms with E-state index in [0.717, 1.165) is 17.9 Å². The third-order valence-corrected chi connectivity index (χ3v) is 4.69. The molecule has 0 radical (unpaired) electrons. The van der Waals surface area contributed by atoms with Crippen LogP contribution in [0.25, 0.3) is 0 Å². The van der Waals surface area contributed by atoms with E-state index in [4.69, 9.17) is 0 Å². The Bertz CT molecular complexity index is 227. The van der Waals surface area contributed by atoms with Gasteiger partial charge in [0, 0.05) is 12.1 Å². The molecule has 0 aromatic heterocycles. The molecule has 0 amide bonds. The first-order valence-electron chi connectivity index (χ1n) is 6.31. The van der Waals surface area contributed by atoms with Gasteiger partial charge in [-0.3, -0.25) is 0 Å². The predicted octanol–water partition coefficient (Wildman–Crippen LogP) is 3.07. The van der Waals surface area contributed by atoms with E-state index in [1.165, 1.54) is 30.8 Å². The average molecular weight is 225 g/mol. The summed E-state index contributed by atoms with van der Waals surface area (Å²) in [5.74, 6) is 4.41. The minimum absolute atomic E-state index is 0.698. The van der Waals surface area contributed by atoms with Crippen LogP contribution in [-0.2, 0) is 0 Å². The molecule has 1 saturated carbocycles. The molecule has 0 heterocycles. The van der Waals surface area contributed by atoms with Gasteiger partial charge in [-0.2, -0.15) is 11.8 Å². The van der Waals surface area contributed by atoms with Crippen LogP contribution < -0.4 is 5.32 Å². The van der Waals surface area contributed by atoms with Crippen LogP contribution in [0.15, 0.2) is 12.2 Å². The molecular weight excluding hydrogens is 202 g/mol. The Hall–Kier alpha value is 0.0500. The molecule has 4 unspecified atom stereocenters. The molecule has 0 aromatic carbocycles. The van der Waals surface area contributed by atoms with E-state index in [2.05, 4.69) is 43.1 Å². The molecule has 15 heavy (non-hydrogen) atoms. The van der Waals surface area contributed by atoms with Crippen LogP contribution in [0.2, 0.25) is 0 Å². The van der Waals surface area contributed by atoms with Crippen LogP contribution in [0.5, 0.6) is 0 Å². The molecule has 2 rings (SSSR count). The fraction of sp³-hybridized carbons (Fsp3) is 0.846. The van der Waals surface area contributed by atoms with Gasteiger partial charge >= 0.3 is 0 Å². The molecule has 0 spiro atoms. The molecule has 1 nitrogen and oxygen atoms in total. The first-order valence-corrected chi connectivity index (χ1v) is 7.47. The van der Waals surface area contributed by atoms with Crippen molar-refractivity contribution in [1.82, 2.24) is 5.32 Å². The predicted molar refractivity (Wildman–Crippen MR) is 69.4 cm³/mol. The summed E-state index contributed by atoms with van der Waals surface area (Å²) in [4.78, 5) is 0. The van der Waals surface area contributed by atoms with Gasteiger partial charge in [-0.05, 0) is 49.5 Å². The van der Waals surface area contributed by atoms with Gasteiger partial charge in [-0.25, -0.2) is 0 Å². The second-order valence-corrected chi connectivity index (χ2v) is 6.29. The standard InChI is InChI=1S/C13H23NS/c1-3-15-8-7-10(2)14-13-9-11-5-4-6-12(11)13/h4,6,10-14H,3,5,7-9H2,1-2H3. The van der Waals surface area contributed by atoms with E-state index in [-0.39, 0.29) is 0 Å². The molecule has 2 aliphatic carbocycles. The summed E-state index contributed by atoms with van der Waals surface area (Å²) in [5, 5.41) is 3.78. The number of rotatable bonds is 6. The van der Waals surface area contributed by atoms with Crippen molar-refractivity contribution in [1.29, 1.82) is 0 Å². The zero-order valence-electron chi connectivity index (χ0n) is 9.91. The Morgan fingerprint density at radius 3 is 3.13 bits per heavy atom. The van der Waals surface area contributed by atoms with Gasteiger partial charge in [0.2, 0.25) is 0 Å². The maximum atomic E-state index is 3.78. The maximum absolute atomic E-state index is 3.78. The summed E-state index contributed by atoms with van der Waals surface area (Å²) < 4.78 is 0. The van der Waals surface area contributed by atoms with Gasteiger partial charge in [0.1, 0.15) is 0 Å². The summed E-state index contributed by atoms with van der Waals surface area (Å²) in [6.45, 7) is 4.57. The fourth-order valence-corrected chi connectivity index (χ4v) is 3.57. The molecule has 0 aromatic rings. The number of nitrogens with one attached hydrogen (secondary N) is 1. The lowest BCUT2D eigenvalue weighted by Crippen LogP contribution is -2.51. The third kappa shape index (κ3) is 2.79. The largest absolute Gasteiger partial charge is 0.311 e. The SMILES string of the molecule is CCSCCC(C)NC1CC2CC=CC21. The highest BCUT2D eigenvalue weighted by molar-refractivity contribution is 7.99. The van der Waals surface area contributed by atoms with Crippen molar-refractivity contribution in [3.05, 3.63) is 12.2 Å². The summed E-state index contributed by atoms with van der Waals surface area (Å²) >= 11 is 2.05. The fourth-order valence-electron chi connectivity index (χ4n) is 2.76. The van der Waals surface area contributed by atoms with Gasteiger partial charge in [0.05, 0.1) is 0 Å². The molecule has 2 heteroatoms. The first-order chi connectivity index (χ1) is 7.31. The molecule has 4 atom stereocenters. The van der Waals surface area contributed by atoms with Crippen LogP contribution in [-0.4, -0.2) is 23.6 Å². The molecular formula is C13H23NS. The minimum atomic E-state index is 0.698. The second kappa shape index (κ2) is 5.40. The smallest absolute Gasteiger partial charge is 0.0138 e. The average Bonchev–Trinajstić information content (AvgIpc) is 2.57. The number of hydrogen-bond donors (Lipinski definition) is 1. The van der Waals surface area contributed by atoms with Crippen LogP contribution in [0, 0.1) is 11.8 Å². The Balaban J connectivity index is 1.62. The quantitative estimate of drug-likeness (QED) is 0.551. The Kier molecular flexibility index (Phi) is 4.15. The van der Waals surface area contributed by atoms with Crippen molar-refractivity contribution in [3.63, 3.8) is 0 Å². The van der Waals surface area contributed by atoms with E-state index in [1.807, 2.05) is 0 Å². The topological polar surface area (TPSA) is 12.0 Å². The van der Waals surface area contributed by atoms with Crippen LogP contribution in [0.4, 0.5) is 0 Å². The number of thioether (sulfide) groups is 1. The van der Waals surface area contributed by atoms with Crippen LogP contribution in [0.3, 0.4) is 0 Å². The van der Waals surface area contributed by atoms with Crippen molar-refractivity contribution >= 4 is 11.8 Å². The zero-order chi connectivity index (χ0) is 10.7. The Labute approximate surface area is 98.1 Å². The first kappa shape index (κ1) is 11.5. The van der Waals surface area contributed by atoms with Gasteiger partial charge < -0.3 is 5.32 Å². The van der Waals surface area contributed by atoms with Crippen LogP contribution in [0.1, 0.15) is 33.1 Å². The zero-order valence-corrected chi connectivity index (χ0v) is 10.7. The van der Waals surface area contributed by atoms with Crippen molar-refractivity contribution < 1.29 is 0 Å². The summed E-state index contributed by atoms with van der Waals surface area (Å²) in [6, 6.07) is 1.49. The summed E-state index contributed by atoms with van der Waals surface area (Å²) in [5.41, 5.74) is 0. The molecule has 0 saturated heterocycles. The molecule has 0 aliphatic heterocycles. The van der Waals surface area contributed by atoms with Crippen LogP contribution >= 0.6 is 11.8 Å². The lowest BCUT2D eigenvalue weighted by atomic mass is 9.71. The molecule has 1 fully saturated rings. The monoisotopic (exact) mass is 225 g/mol. The Morgan fingerprint density at radius 1 is 1.53 bits per heavy atom. The third-order valence-electron chi connectivity index (χ3n) is 3.76. The van der Waals surface area contributed by atoms with Crippen molar-refractivity contribution in [2.24, 2.45) is 11.8 Å². The van der Waals surface area contributed by atoms with E-state index in [1.54, 1.807) is 0 Å². The second-order valence-electron chi connectivity index (χ2n) is 4.90.